The number of allylic oxidation sites excluding steroid dienone is 6. The van der Waals surface area contributed by atoms with Gasteiger partial charge in [-0.3, -0.25) is 14.4 Å². The highest BCUT2D eigenvalue weighted by molar-refractivity contribution is 5.71. The van der Waals surface area contributed by atoms with Crippen molar-refractivity contribution >= 4 is 17.9 Å². The van der Waals surface area contributed by atoms with Gasteiger partial charge in [0.15, 0.2) is 6.10 Å². The van der Waals surface area contributed by atoms with E-state index in [1.54, 1.807) is 0 Å². The monoisotopic (exact) mass is 997 g/mol. The number of rotatable bonds is 58. The number of esters is 3. The van der Waals surface area contributed by atoms with Crippen LogP contribution in [0.1, 0.15) is 342 Å². The average Bonchev–Trinajstić information content (AvgIpc) is 3.37. The third kappa shape index (κ3) is 58.4. The minimum atomic E-state index is -0.776. The molecule has 0 spiro atoms. The van der Waals surface area contributed by atoms with Crippen molar-refractivity contribution in [2.45, 2.75) is 348 Å². The van der Waals surface area contributed by atoms with Gasteiger partial charge in [0.1, 0.15) is 13.2 Å². The van der Waals surface area contributed by atoms with Crippen LogP contribution in [-0.2, 0) is 28.6 Å². The molecule has 0 aromatic rings. The van der Waals surface area contributed by atoms with Crippen molar-refractivity contribution in [3.05, 3.63) is 36.5 Å². The van der Waals surface area contributed by atoms with Crippen LogP contribution in [0.25, 0.3) is 0 Å². The Morgan fingerprint density at radius 3 is 0.704 bits per heavy atom. The van der Waals surface area contributed by atoms with Gasteiger partial charge in [-0.1, -0.05) is 263 Å². The number of ether oxygens (including phenoxy) is 3. The highest BCUT2D eigenvalue weighted by Gasteiger charge is 2.19. The Morgan fingerprint density at radius 1 is 0.268 bits per heavy atom. The predicted octanol–water partition coefficient (Wildman–Crippen LogP) is 21.2. The van der Waals surface area contributed by atoms with Gasteiger partial charge in [-0.05, 0) is 96.3 Å². The summed E-state index contributed by atoms with van der Waals surface area (Å²) >= 11 is 0. The molecule has 71 heavy (non-hydrogen) atoms. The molecule has 416 valence electrons. The van der Waals surface area contributed by atoms with Crippen LogP contribution < -0.4 is 0 Å². The minimum absolute atomic E-state index is 0.0738. The van der Waals surface area contributed by atoms with E-state index >= 15 is 0 Å². The van der Waals surface area contributed by atoms with Crippen molar-refractivity contribution in [3.63, 3.8) is 0 Å². The van der Waals surface area contributed by atoms with Crippen LogP contribution in [0.4, 0.5) is 0 Å². The molecule has 6 nitrogen and oxygen atoms in total. The van der Waals surface area contributed by atoms with Crippen LogP contribution in [0.3, 0.4) is 0 Å². The molecule has 0 bridgehead atoms. The molecule has 0 rings (SSSR count). The summed E-state index contributed by atoms with van der Waals surface area (Å²) in [5.74, 6) is -0.863. The first-order chi connectivity index (χ1) is 35.0. The largest absolute Gasteiger partial charge is 0.462 e. The third-order valence-electron chi connectivity index (χ3n) is 14.1. The van der Waals surface area contributed by atoms with Gasteiger partial charge in [0, 0.05) is 19.3 Å². The Kier molecular flexibility index (Phi) is 58.2. The second-order valence-electron chi connectivity index (χ2n) is 21.3. The van der Waals surface area contributed by atoms with Gasteiger partial charge < -0.3 is 14.2 Å². The molecule has 0 saturated carbocycles. The zero-order valence-electron chi connectivity index (χ0n) is 47.8. The van der Waals surface area contributed by atoms with E-state index in [1.807, 2.05) is 0 Å². The van der Waals surface area contributed by atoms with Crippen molar-refractivity contribution in [1.82, 2.24) is 0 Å². The Hall–Kier alpha value is -2.37. The molecule has 0 amide bonds. The van der Waals surface area contributed by atoms with E-state index in [0.29, 0.717) is 19.3 Å². The van der Waals surface area contributed by atoms with Crippen LogP contribution in [0.15, 0.2) is 36.5 Å². The molecule has 0 heterocycles. The summed E-state index contributed by atoms with van der Waals surface area (Å²) in [6.07, 6.45) is 72.8. The average molecular weight is 998 g/mol. The zero-order valence-corrected chi connectivity index (χ0v) is 47.8. The van der Waals surface area contributed by atoms with E-state index in [-0.39, 0.29) is 31.1 Å². The smallest absolute Gasteiger partial charge is 0.306 e. The molecule has 0 N–H and O–H groups in total. The Morgan fingerprint density at radius 2 is 0.465 bits per heavy atom. The second-order valence-corrected chi connectivity index (χ2v) is 21.3. The molecule has 0 atom stereocenters. The molecule has 0 aliphatic rings. The molecule has 0 aliphatic heterocycles. The Bertz CT molecular complexity index is 1130. The van der Waals surface area contributed by atoms with Crippen molar-refractivity contribution in [2.75, 3.05) is 13.2 Å². The van der Waals surface area contributed by atoms with Gasteiger partial charge in [-0.15, -0.1) is 0 Å². The maximum atomic E-state index is 12.9. The Balaban J connectivity index is 4.35. The van der Waals surface area contributed by atoms with Gasteiger partial charge in [0.05, 0.1) is 0 Å². The molecule has 0 aromatic carbocycles. The van der Waals surface area contributed by atoms with Crippen molar-refractivity contribution in [2.24, 2.45) is 0 Å². The Labute approximate surface area is 442 Å². The van der Waals surface area contributed by atoms with Gasteiger partial charge in [0.2, 0.25) is 0 Å². The number of carbonyl (C=O) groups is 3. The molecule has 6 heteroatoms. The number of unbranched alkanes of at least 4 members (excludes halogenated alkanes) is 41. The first kappa shape index (κ1) is 68.6. The second kappa shape index (κ2) is 60.2. The normalized spacial score (nSPS) is 11.8. The summed E-state index contributed by atoms with van der Waals surface area (Å²) in [6.45, 7) is 6.67. The number of hydrogen-bond acceptors (Lipinski definition) is 6. The lowest BCUT2D eigenvalue weighted by Gasteiger charge is -2.18. The fourth-order valence-electron chi connectivity index (χ4n) is 9.31. The topological polar surface area (TPSA) is 78.9 Å². The number of hydrogen-bond donors (Lipinski definition) is 0. The van der Waals surface area contributed by atoms with Gasteiger partial charge >= 0.3 is 17.9 Å². The highest BCUT2D eigenvalue weighted by atomic mass is 16.6. The maximum absolute atomic E-state index is 12.9. The summed E-state index contributed by atoms with van der Waals surface area (Å²) in [6, 6.07) is 0. The van der Waals surface area contributed by atoms with E-state index in [0.717, 1.165) is 57.8 Å². The molecular weight excluding hydrogens is 877 g/mol. The van der Waals surface area contributed by atoms with Crippen LogP contribution in [0.2, 0.25) is 0 Å². The lowest BCUT2D eigenvalue weighted by molar-refractivity contribution is -0.167. The van der Waals surface area contributed by atoms with E-state index < -0.39 is 6.10 Å². The van der Waals surface area contributed by atoms with E-state index in [4.69, 9.17) is 14.2 Å². The molecule has 0 aliphatic carbocycles. The van der Waals surface area contributed by atoms with Crippen LogP contribution >= 0.6 is 0 Å². The van der Waals surface area contributed by atoms with Crippen LogP contribution in [0.5, 0.6) is 0 Å². The van der Waals surface area contributed by atoms with E-state index in [2.05, 4.69) is 57.2 Å². The SMILES string of the molecule is CCCCCCCC/C=C\CCCCCCCCCCCC(=O)OC(COC(=O)CCCCCCCCC/C=C\CCCCCCCC)COC(=O)CCCCCCCCC/C=C\CCCCCCCC. The zero-order chi connectivity index (χ0) is 51.4. The first-order valence-corrected chi connectivity index (χ1v) is 31.5. The lowest BCUT2D eigenvalue weighted by atomic mass is 10.1. The molecule has 0 radical (unpaired) electrons. The van der Waals surface area contributed by atoms with Crippen LogP contribution in [-0.4, -0.2) is 37.2 Å². The predicted molar refractivity (Wildman–Crippen MR) is 307 cm³/mol. The third-order valence-corrected chi connectivity index (χ3v) is 14.1. The fraction of sp³-hybridized carbons (Fsp3) is 0.862. The summed E-state index contributed by atoms with van der Waals surface area (Å²) in [7, 11) is 0. The lowest BCUT2D eigenvalue weighted by Crippen LogP contribution is -2.30. The molecular formula is C65H120O6. The molecule has 0 unspecified atom stereocenters. The van der Waals surface area contributed by atoms with Crippen LogP contribution in [0, 0.1) is 0 Å². The maximum Gasteiger partial charge on any atom is 0.306 e. The van der Waals surface area contributed by atoms with Crippen molar-refractivity contribution in [3.8, 4) is 0 Å². The fourth-order valence-corrected chi connectivity index (χ4v) is 9.31. The first-order valence-electron chi connectivity index (χ1n) is 31.5. The highest BCUT2D eigenvalue weighted by Crippen LogP contribution is 2.16. The standard InChI is InChI=1S/C65H120O6/c1-4-7-10-13-16-19-22-25-28-31-32-35-38-41-44-47-50-53-56-59-65(68)71-62(60-69-63(66)57-54-51-48-45-42-39-36-33-29-26-23-20-17-14-11-8-5-2)61-70-64(67)58-55-52-49-46-43-40-37-34-30-27-24-21-18-15-12-9-6-3/h25-30,62H,4-24,31-61H2,1-3H3/b28-25-,29-26-,30-27-. The van der Waals surface area contributed by atoms with Crippen molar-refractivity contribution < 1.29 is 28.6 Å². The number of carbonyl (C=O) groups excluding carboxylic acids is 3. The summed E-state index contributed by atoms with van der Waals surface area (Å²) in [5, 5.41) is 0. The quantitative estimate of drug-likeness (QED) is 0.0261. The minimum Gasteiger partial charge on any atom is -0.462 e. The van der Waals surface area contributed by atoms with E-state index in [1.165, 1.54) is 244 Å². The molecule has 0 fully saturated rings. The van der Waals surface area contributed by atoms with Gasteiger partial charge in [0.25, 0.3) is 0 Å². The summed E-state index contributed by atoms with van der Waals surface area (Å²) < 4.78 is 16.9. The summed E-state index contributed by atoms with van der Waals surface area (Å²) in [4.78, 5) is 38.3. The van der Waals surface area contributed by atoms with Crippen molar-refractivity contribution in [1.29, 1.82) is 0 Å². The van der Waals surface area contributed by atoms with Gasteiger partial charge in [-0.25, -0.2) is 0 Å². The van der Waals surface area contributed by atoms with Gasteiger partial charge in [-0.2, -0.15) is 0 Å². The molecule has 0 aromatic heterocycles. The summed E-state index contributed by atoms with van der Waals surface area (Å²) in [5.41, 5.74) is 0. The molecule has 0 saturated heterocycles. The van der Waals surface area contributed by atoms with E-state index in [9.17, 15) is 14.4 Å².